The number of imide groups is 1. The topological polar surface area (TPSA) is 127 Å². The number of hydroxylamine groups is 2. The van der Waals surface area contributed by atoms with Crippen molar-refractivity contribution in [2.75, 3.05) is 37.9 Å². The highest BCUT2D eigenvalue weighted by Gasteiger charge is 2.49. The summed E-state index contributed by atoms with van der Waals surface area (Å²) in [6.45, 7) is 4.14. The van der Waals surface area contributed by atoms with Crippen molar-refractivity contribution in [2.45, 2.75) is 77.6 Å². The average molecular weight is 678 g/mol. The highest BCUT2D eigenvalue weighted by Crippen LogP contribution is 2.52. The average Bonchev–Trinajstić information content (AvgIpc) is 3.58. The molecular weight excluding hydrogens is 634 g/mol. The Balaban J connectivity index is 0.912. The van der Waals surface area contributed by atoms with E-state index in [1.165, 1.54) is 0 Å². The number of esters is 1. The molecule has 3 aliphatic rings. The van der Waals surface area contributed by atoms with Gasteiger partial charge in [0, 0.05) is 50.2 Å². The number of hydrogen-bond donors (Lipinski definition) is 0. The van der Waals surface area contributed by atoms with Gasteiger partial charge in [0.05, 0.1) is 19.8 Å². The second kappa shape index (κ2) is 19.7. The zero-order valence-electron chi connectivity index (χ0n) is 26.3. The van der Waals surface area contributed by atoms with Gasteiger partial charge in [-0.1, -0.05) is 38.8 Å². The van der Waals surface area contributed by atoms with E-state index in [1.54, 1.807) is 45.9 Å². The highest BCUT2D eigenvalue weighted by atomic mass is 33.1. The molecule has 0 bridgehead atoms. The maximum Gasteiger partial charge on any atom is 0.534 e. The molecule has 0 spiro atoms. The lowest BCUT2D eigenvalue weighted by atomic mass is 10.1. The summed E-state index contributed by atoms with van der Waals surface area (Å²) in [6.07, 6.45) is 4.81. The summed E-state index contributed by atoms with van der Waals surface area (Å²) in [5, 5.41) is 0.441. The molecule has 0 radical (unpaired) electrons. The first-order chi connectivity index (χ1) is 22.4. The molecule has 0 aromatic heterocycles. The van der Waals surface area contributed by atoms with Crippen LogP contribution >= 0.6 is 21.6 Å². The first-order valence-corrected chi connectivity index (χ1v) is 18.4. The van der Waals surface area contributed by atoms with E-state index in [4.69, 9.17) is 23.7 Å². The highest BCUT2D eigenvalue weighted by molar-refractivity contribution is 8.76. The Hall–Kier alpha value is -2.92. The molecule has 2 aliphatic carbocycles. The number of carbonyl (C=O) groups excluding carboxylic acids is 4. The molecule has 11 nitrogen and oxygen atoms in total. The Labute approximate surface area is 278 Å². The number of ether oxygens (including phenoxy) is 5. The molecule has 3 unspecified atom stereocenters. The van der Waals surface area contributed by atoms with Gasteiger partial charge in [-0.05, 0) is 68.1 Å². The van der Waals surface area contributed by atoms with Crippen LogP contribution in [0.3, 0.4) is 0 Å². The molecule has 2 fully saturated rings. The molecule has 1 heterocycles. The minimum absolute atomic E-state index is 0.0189. The predicted octanol–water partition coefficient (Wildman–Crippen LogP) is 5.70. The lowest BCUT2D eigenvalue weighted by Gasteiger charge is -2.15. The van der Waals surface area contributed by atoms with Crippen LogP contribution in [-0.2, 0) is 44.8 Å². The number of nitrogens with zero attached hydrogens (tertiary/aromatic N) is 1. The summed E-state index contributed by atoms with van der Waals surface area (Å²) in [7, 11) is 3.44. The van der Waals surface area contributed by atoms with Crippen molar-refractivity contribution < 1.29 is 47.7 Å². The number of fused-ring (bicyclic) bond motifs is 1. The van der Waals surface area contributed by atoms with E-state index in [1.807, 2.05) is 6.92 Å². The van der Waals surface area contributed by atoms with E-state index in [-0.39, 0.29) is 25.4 Å². The van der Waals surface area contributed by atoms with Gasteiger partial charge >= 0.3 is 12.1 Å². The number of unbranched alkanes of at least 4 members (excludes halogenated alkanes) is 1. The molecule has 1 aromatic carbocycles. The number of carbonyl (C=O) groups is 4. The summed E-state index contributed by atoms with van der Waals surface area (Å²) in [5.74, 6) is 9.42. The zero-order chi connectivity index (χ0) is 32.6. The third-order valence-electron chi connectivity index (χ3n) is 7.86. The molecule has 2 amide bonds. The van der Waals surface area contributed by atoms with Crippen LogP contribution in [0.5, 0.6) is 5.75 Å². The fourth-order valence-electron chi connectivity index (χ4n) is 5.37. The molecular formula is C33H43NO10S2. The molecule has 1 aliphatic heterocycles. The van der Waals surface area contributed by atoms with Gasteiger partial charge in [-0.3, -0.25) is 19.2 Å². The molecule has 3 atom stereocenters. The molecule has 1 saturated carbocycles. The van der Waals surface area contributed by atoms with Crippen molar-refractivity contribution in [1.82, 2.24) is 5.06 Å². The van der Waals surface area contributed by atoms with Gasteiger partial charge in [-0.15, -0.1) is 11.8 Å². The van der Waals surface area contributed by atoms with E-state index < -0.39 is 24.3 Å². The predicted molar refractivity (Wildman–Crippen MR) is 172 cm³/mol. The third kappa shape index (κ3) is 12.7. The standard InChI is InChI=1S/C33H43NO10S2/c1-24(43-26-13-11-25(12-14-26)22-42-33(38)44-34-30(35)15-16-31(34)36)40-19-21-46-45-20-18-39-17-7-6-10-32(37)41-23-29-27-8-4-2-3-5-9-28(27)29/h11-14,24,27-29H,4-10,15-23H2,1H3. The monoisotopic (exact) mass is 677 g/mol. The molecule has 4 rings (SSSR count). The molecule has 252 valence electrons. The number of rotatable bonds is 20. The van der Waals surface area contributed by atoms with Crippen LogP contribution in [0.2, 0.25) is 0 Å². The van der Waals surface area contributed by atoms with Gasteiger partial charge in [0.15, 0.2) is 6.29 Å². The van der Waals surface area contributed by atoms with Gasteiger partial charge in [-0.2, -0.15) is 0 Å². The minimum atomic E-state index is -1.12. The van der Waals surface area contributed by atoms with Crippen molar-refractivity contribution >= 4 is 45.5 Å². The van der Waals surface area contributed by atoms with Crippen LogP contribution < -0.4 is 4.74 Å². The van der Waals surface area contributed by atoms with Crippen molar-refractivity contribution in [3.05, 3.63) is 29.8 Å². The van der Waals surface area contributed by atoms with Crippen LogP contribution in [0.15, 0.2) is 24.3 Å². The maximum atomic E-state index is 12.1. The molecule has 46 heavy (non-hydrogen) atoms. The van der Waals surface area contributed by atoms with Crippen LogP contribution in [0.25, 0.3) is 0 Å². The first-order valence-electron chi connectivity index (χ1n) is 15.9. The van der Waals surface area contributed by atoms with Crippen LogP contribution in [0.4, 0.5) is 4.79 Å². The van der Waals surface area contributed by atoms with Crippen LogP contribution in [-0.4, -0.2) is 73.2 Å². The van der Waals surface area contributed by atoms with Gasteiger partial charge in [0.2, 0.25) is 0 Å². The lowest BCUT2D eigenvalue weighted by Crippen LogP contribution is -2.32. The van der Waals surface area contributed by atoms with Crippen LogP contribution in [0.1, 0.15) is 70.3 Å². The summed E-state index contributed by atoms with van der Waals surface area (Å²) in [4.78, 5) is 51.5. The van der Waals surface area contributed by atoms with Crippen molar-refractivity contribution in [1.29, 1.82) is 0 Å². The SMILES string of the molecule is CC(OCCSSCCOCCCCC(=O)OCC1C2CCC#CCCC21)Oc1ccc(COC(=O)ON2C(=O)CCC2=O)cc1. The number of hydrogen-bond acceptors (Lipinski definition) is 12. The summed E-state index contributed by atoms with van der Waals surface area (Å²) in [5.41, 5.74) is 0.678. The van der Waals surface area contributed by atoms with E-state index in [2.05, 4.69) is 16.7 Å². The van der Waals surface area contributed by atoms with E-state index in [0.717, 1.165) is 50.0 Å². The van der Waals surface area contributed by atoms with Crippen molar-refractivity contribution in [3.63, 3.8) is 0 Å². The Morgan fingerprint density at radius 1 is 0.913 bits per heavy atom. The summed E-state index contributed by atoms with van der Waals surface area (Å²) < 4.78 is 27.7. The normalized spacial score (nSPS) is 20.9. The van der Waals surface area contributed by atoms with Gasteiger partial charge in [-0.25, -0.2) is 4.79 Å². The number of benzene rings is 1. The zero-order valence-corrected chi connectivity index (χ0v) is 27.9. The second-order valence-electron chi connectivity index (χ2n) is 11.2. The smallest absolute Gasteiger partial charge is 0.465 e. The summed E-state index contributed by atoms with van der Waals surface area (Å²) >= 11 is 0. The fraction of sp³-hybridized carbons (Fsp3) is 0.636. The third-order valence-corrected chi connectivity index (χ3v) is 10.2. The minimum Gasteiger partial charge on any atom is -0.465 e. The lowest BCUT2D eigenvalue weighted by molar-refractivity contribution is -0.177. The van der Waals surface area contributed by atoms with Crippen LogP contribution in [0, 0.1) is 29.6 Å². The summed E-state index contributed by atoms with van der Waals surface area (Å²) in [6, 6.07) is 6.91. The van der Waals surface area contributed by atoms with Gasteiger partial charge < -0.3 is 23.7 Å². The van der Waals surface area contributed by atoms with E-state index in [0.29, 0.717) is 67.0 Å². The largest absolute Gasteiger partial charge is 0.534 e. The Bertz CT molecular complexity index is 1180. The van der Waals surface area contributed by atoms with Gasteiger partial charge in [0.1, 0.15) is 12.4 Å². The van der Waals surface area contributed by atoms with E-state index >= 15 is 0 Å². The molecule has 1 saturated heterocycles. The molecule has 13 heteroatoms. The van der Waals surface area contributed by atoms with Crippen molar-refractivity contribution in [3.8, 4) is 17.6 Å². The molecule has 1 aromatic rings. The fourth-order valence-corrected chi connectivity index (χ4v) is 7.07. The second-order valence-corrected chi connectivity index (χ2v) is 13.9. The Morgan fingerprint density at radius 2 is 1.59 bits per heavy atom. The van der Waals surface area contributed by atoms with Gasteiger partial charge in [0.25, 0.3) is 11.8 Å². The number of amides is 2. The quantitative estimate of drug-likeness (QED) is 0.0420. The molecule has 0 N–H and O–H groups in total. The van der Waals surface area contributed by atoms with Crippen molar-refractivity contribution in [2.24, 2.45) is 17.8 Å². The maximum absolute atomic E-state index is 12.1. The van der Waals surface area contributed by atoms with E-state index in [9.17, 15) is 19.2 Å². The Kier molecular flexibility index (Phi) is 15.4. The first kappa shape index (κ1) is 35.9. The Morgan fingerprint density at radius 3 is 2.28 bits per heavy atom.